The van der Waals surface area contributed by atoms with E-state index in [1.807, 2.05) is 29.2 Å². The third-order valence-corrected chi connectivity index (χ3v) is 4.74. The first-order valence-electron chi connectivity index (χ1n) is 8.49. The van der Waals surface area contributed by atoms with Crippen LogP contribution in [0.3, 0.4) is 0 Å². The van der Waals surface area contributed by atoms with E-state index in [0.717, 1.165) is 38.3 Å². The Morgan fingerprint density at radius 2 is 1.96 bits per heavy atom. The predicted octanol–water partition coefficient (Wildman–Crippen LogP) is 2.52. The van der Waals surface area contributed by atoms with Crippen LogP contribution >= 0.6 is 11.6 Å². The van der Waals surface area contributed by atoms with Gasteiger partial charge in [-0.3, -0.25) is 4.79 Å². The van der Waals surface area contributed by atoms with Crippen LogP contribution in [-0.4, -0.2) is 58.4 Å². The number of likely N-dealkylation sites (N-methyl/N-ethyl adjacent to an activating group) is 1. The van der Waals surface area contributed by atoms with Crippen LogP contribution in [-0.2, 0) is 6.54 Å². The van der Waals surface area contributed by atoms with Crippen molar-refractivity contribution in [2.75, 3.05) is 38.0 Å². The van der Waals surface area contributed by atoms with Crippen LogP contribution in [0.1, 0.15) is 23.0 Å². The van der Waals surface area contributed by atoms with Gasteiger partial charge in [-0.05, 0) is 24.2 Å². The molecular formula is C18H22ClN5O. The second-order valence-corrected chi connectivity index (χ2v) is 6.34. The largest absolute Gasteiger partial charge is 0.350 e. The van der Waals surface area contributed by atoms with Gasteiger partial charge in [0.05, 0.1) is 0 Å². The van der Waals surface area contributed by atoms with E-state index < -0.39 is 0 Å². The van der Waals surface area contributed by atoms with Crippen molar-refractivity contribution in [2.24, 2.45) is 0 Å². The molecule has 1 amide bonds. The monoisotopic (exact) mass is 359 g/mol. The molecule has 1 aliphatic heterocycles. The van der Waals surface area contributed by atoms with Gasteiger partial charge in [-0.2, -0.15) is 0 Å². The quantitative estimate of drug-likeness (QED) is 0.888. The third-order valence-electron chi connectivity index (χ3n) is 4.38. The standard InChI is InChI=1S/C18H22ClN5O/c1-2-23-9-11-24(12-10-23)17(25)16-7-8-20-18(22-16)21-13-14-5-3-4-6-15(14)19/h3-8H,2,9-13H2,1H3,(H,20,21,22). The molecule has 1 aliphatic rings. The molecule has 0 saturated carbocycles. The number of anilines is 1. The van der Waals surface area contributed by atoms with Gasteiger partial charge in [-0.25, -0.2) is 9.97 Å². The van der Waals surface area contributed by atoms with Crippen LogP contribution in [0.4, 0.5) is 5.95 Å². The number of piperazine rings is 1. The fourth-order valence-corrected chi connectivity index (χ4v) is 3.01. The predicted molar refractivity (Wildman–Crippen MR) is 98.8 cm³/mol. The number of carbonyl (C=O) groups is 1. The summed E-state index contributed by atoms with van der Waals surface area (Å²) in [7, 11) is 0. The Balaban J connectivity index is 1.63. The normalized spacial score (nSPS) is 15.2. The average molecular weight is 360 g/mol. The van der Waals surface area contributed by atoms with E-state index in [9.17, 15) is 4.79 Å². The minimum Gasteiger partial charge on any atom is -0.350 e. The highest BCUT2D eigenvalue weighted by Gasteiger charge is 2.22. The fourth-order valence-electron chi connectivity index (χ4n) is 2.81. The van der Waals surface area contributed by atoms with Gasteiger partial charge >= 0.3 is 0 Å². The molecule has 0 radical (unpaired) electrons. The van der Waals surface area contributed by atoms with Crippen LogP contribution in [0.5, 0.6) is 0 Å². The SMILES string of the molecule is CCN1CCN(C(=O)c2ccnc(NCc3ccccc3Cl)n2)CC1. The van der Waals surface area contributed by atoms with Crippen molar-refractivity contribution in [2.45, 2.75) is 13.5 Å². The fraction of sp³-hybridized carbons (Fsp3) is 0.389. The zero-order valence-corrected chi connectivity index (χ0v) is 15.0. The van der Waals surface area contributed by atoms with Crippen molar-refractivity contribution >= 4 is 23.5 Å². The van der Waals surface area contributed by atoms with E-state index in [1.165, 1.54) is 0 Å². The summed E-state index contributed by atoms with van der Waals surface area (Å²) in [5.41, 5.74) is 1.38. The first-order valence-corrected chi connectivity index (χ1v) is 8.87. The highest BCUT2D eigenvalue weighted by molar-refractivity contribution is 6.31. The molecule has 0 bridgehead atoms. The van der Waals surface area contributed by atoms with Crippen molar-refractivity contribution in [3.8, 4) is 0 Å². The first-order chi connectivity index (χ1) is 12.2. The molecule has 1 fully saturated rings. The summed E-state index contributed by atoms with van der Waals surface area (Å²) in [5.74, 6) is 0.386. The van der Waals surface area contributed by atoms with Gasteiger partial charge in [0.15, 0.2) is 0 Å². The molecule has 1 N–H and O–H groups in total. The first kappa shape index (κ1) is 17.6. The molecule has 2 aromatic rings. The lowest BCUT2D eigenvalue weighted by atomic mass is 10.2. The second kappa shape index (κ2) is 8.27. The Kier molecular flexibility index (Phi) is 5.83. The van der Waals surface area contributed by atoms with E-state index >= 15 is 0 Å². The second-order valence-electron chi connectivity index (χ2n) is 5.94. The lowest BCUT2D eigenvalue weighted by Gasteiger charge is -2.33. The number of halogens is 1. The molecule has 1 aromatic heterocycles. The zero-order valence-electron chi connectivity index (χ0n) is 14.3. The highest BCUT2D eigenvalue weighted by atomic mass is 35.5. The lowest BCUT2D eigenvalue weighted by Crippen LogP contribution is -2.48. The highest BCUT2D eigenvalue weighted by Crippen LogP contribution is 2.16. The van der Waals surface area contributed by atoms with Crippen LogP contribution in [0.25, 0.3) is 0 Å². The third kappa shape index (κ3) is 4.46. The summed E-state index contributed by atoms with van der Waals surface area (Å²) < 4.78 is 0. The molecule has 2 heterocycles. The van der Waals surface area contributed by atoms with E-state index in [1.54, 1.807) is 12.3 Å². The van der Waals surface area contributed by atoms with Gasteiger partial charge in [0.1, 0.15) is 5.69 Å². The summed E-state index contributed by atoms with van der Waals surface area (Å²) >= 11 is 6.15. The lowest BCUT2D eigenvalue weighted by molar-refractivity contribution is 0.0637. The van der Waals surface area contributed by atoms with Gasteiger partial charge in [0, 0.05) is 43.9 Å². The van der Waals surface area contributed by atoms with E-state index in [2.05, 4.69) is 27.1 Å². The summed E-state index contributed by atoms with van der Waals surface area (Å²) in [6.45, 7) is 6.95. The topological polar surface area (TPSA) is 61.4 Å². The molecule has 132 valence electrons. The number of amides is 1. The van der Waals surface area contributed by atoms with Crippen LogP contribution in [0.2, 0.25) is 5.02 Å². The molecule has 0 unspecified atom stereocenters. The number of carbonyl (C=O) groups excluding carboxylic acids is 1. The summed E-state index contributed by atoms with van der Waals surface area (Å²) in [6, 6.07) is 9.27. The molecule has 0 atom stereocenters. The van der Waals surface area contributed by atoms with Crippen LogP contribution in [0, 0.1) is 0 Å². The van der Waals surface area contributed by atoms with Crippen molar-refractivity contribution in [3.63, 3.8) is 0 Å². The molecule has 1 saturated heterocycles. The molecule has 7 heteroatoms. The molecule has 3 rings (SSSR count). The van der Waals surface area contributed by atoms with Gasteiger partial charge in [0.2, 0.25) is 5.95 Å². The Hall–Kier alpha value is -2.18. The van der Waals surface area contributed by atoms with Gasteiger partial charge in [-0.1, -0.05) is 36.7 Å². The maximum absolute atomic E-state index is 12.6. The maximum Gasteiger partial charge on any atom is 0.272 e. The van der Waals surface area contributed by atoms with E-state index in [0.29, 0.717) is 23.2 Å². The van der Waals surface area contributed by atoms with Crippen molar-refractivity contribution < 1.29 is 4.79 Å². The number of nitrogens with zero attached hydrogens (tertiary/aromatic N) is 4. The number of rotatable bonds is 5. The minimum absolute atomic E-state index is 0.0426. The van der Waals surface area contributed by atoms with E-state index in [-0.39, 0.29) is 5.91 Å². The number of benzene rings is 1. The van der Waals surface area contributed by atoms with Gasteiger partial charge in [-0.15, -0.1) is 0 Å². The molecule has 0 spiro atoms. The smallest absolute Gasteiger partial charge is 0.272 e. The Morgan fingerprint density at radius 3 is 2.68 bits per heavy atom. The number of hydrogen-bond donors (Lipinski definition) is 1. The van der Waals surface area contributed by atoms with Crippen LogP contribution < -0.4 is 5.32 Å². The molecule has 1 aromatic carbocycles. The summed E-state index contributed by atoms with van der Waals surface area (Å²) in [4.78, 5) is 25.4. The Labute approximate surface area is 152 Å². The maximum atomic E-state index is 12.6. The zero-order chi connectivity index (χ0) is 17.6. The average Bonchev–Trinajstić information content (AvgIpc) is 2.67. The summed E-state index contributed by atoms with van der Waals surface area (Å²) in [6.07, 6.45) is 1.61. The number of hydrogen-bond acceptors (Lipinski definition) is 5. The van der Waals surface area contributed by atoms with Crippen molar-refractivity contribution in [1.29, 1.82) is 0 Å². The summed E-state index contributed by atoms with van der Waals surface area (Å²) in [5, 5.41) is 3.82. The minimum atomic E-state index is -0.0426. The molecular weight excluding hydrogens is 338 g/mol. The molecule has 6 nitrogen and oxygen atoms in total. The van der Waals surface area contributed by atoms with Crippen LogP contribution in [0.15, 0.2) is 36.5 Å². The number of nitrogens with one attached hydrogen (secondary N) is 1. The van der Waals surface area contributed by atoms with Crippen molar-refractivity contribution in [1.82, 2.24) is 19.8 Å². The van der Waals surface area contributed by atoms with E-state index in [4.69, 9.17) is 11.6 Å². The molecule has 25 heavy (non-hydrogen) atoms. The van der Waals surface area contributed by atoms with Gasteiger partial charge in [0.25, 0.3) is 5.91 Å². The van der Waals surface area contributed by atoms with Gasteiger partial charge < -0.3 is 15.1 Å². The number of aromatic nitrogens is 2. The molecule has 0 aliphatic carbocycles. The van der Waals surface area contributed by atoms with Crippen molar-refractivity contribution in [3.05, 3.63) is 52.8 Å². The Morgan fingerprint density at radius 1 is 1.20 bits per heavy atom. The Bertz CT molecular complexity index is 731.